The summed E-state index contributed by atoms with van der Waals surface area (Å²) in [6.07, 6.45) is -4.43. The summed E-state index contributed by atoms with van der Waals surface area (Å²) in [5.74, 6) is -0.742. The van der Waals surface area contributed by atoms with E-state index in [1.807, 2.05) is 17.0 Å². The number of para-hydroxylation sites is 1. The second-order valence-electron chi connectivity index (χ2n) is 6.36. The van der Waals surface area contributed by atoms with Crippen molar-refractivity contribution in [2.24, 2.45) is 0 Å². The van der Waals surface area contributed by atoms with Gasteiger partial charge in [-0.3, -0.25) is 4.79 Å². The largest absolute Gasteiger partial charge is 0.465 e. The Morgan fingerprint density at radius 2 is 1.54 bits per heavy atom. The molecule has 8 heteroatoms. The van der Waals surface area contributed by atoms with E-state index >= 15 is 0 Å². The van der Waals surface area contributed by atoms with Crippen molar-refractivity contribution in [3.8, 4) is 0 Å². The van der Waals surface area contributed by atoms with Crippen LogP contribution in [0.3, 0.4) is 0 Å². The van der Waals surface area contributed by atoms with Crippen LogP contribution in [0.2, 0.25) is 0 Å². The maximum Gasteiger partial charge on any atom is 0.416 e. The molecule has 0 spiro atoms. The Balaban J connectivity index is 1.67. The molecule has 0 atom stereocenters. The summed E-state index contributed by atoms with van der Waals surface area (Å²) in [5.41, 5.74) is 0.619. The first-order valence-corrected chi connectivity index (χ1v) is 8.70. The third-order valence-electron chi connectivity index (χ3n) is 4.68. The molecule has 2 aromatic rings. The van der Waals surface area contributed by atoms with Crippen LogP contribution in [0.15, 0.2) is 48.5 Å². The van der Waals surface area contributed by atoms with Crippen molar-refractivity contribution in [3.63, 3.8) is 0 Å². The predicted molar refractivity (Wildman–Crippen MR) is 97.3 cm³/mol. The number of hydrogen-bond donors (Lipinski definition) is 0. The van der Waals surface area contributed by atoms with Crippen molar-refractivity contribution in [3.05, 3.63) is 65.2 Å². The van der Waals surface area contributed by atoms with Crippen LogP contribution in [-0.2, 0) is 10.9 Å². The lowest BCUT2D eigenvalue weighted by atomic mass is 10.1. The summed E-state index contributed by atoms with van der Waals surface area (Å²) in [5, 5.41) is 0. The van der Waals surface area contributed by atoms with Crippen LogP contribution in [0.25, 0.3) is 0 Å². The van der Waals surface area contributed by atoms with Crippen molar-refractivity contribution in [1.82, 2.24) is 4.90 Å². The molecule has 1 amide bonds. The van der Waals surface area contributed by atoms with Gasteiger partial charge in [0.15, 0.2) is 0 Å². The van der Waals surface area contributed by atoms with Gasteiger partial charge in [-0.1, -0.05) is 12.1 Å². The topological polar surface area (TPSA) is 49.9 Å². The standard InChI is InChI=1S/C20H19F3N2O3/c1-28-19(27)16-4-2-3-5-17(16)24-10-12-25(13-11-24)18(26)14-6-8-15(9-7-14)20(21,22)23/h2-9H,10-13H2,1H3. The van der Waals surface area contributed by atoms with Crippen molar-refractivity contribution < 1.29 is 27.5 Å². The van der Waals surface area contributed by atoms with E-state index in [1.165, 1.54) is 19.2 Å². The second-order valence-corrected chi connectivity index (χ2v) is 6.36. The number of halogens is 3. The van der Waals surface area contributed by atoms with E-state index in [0.29, 0.717) is 31.7 Å². The fourth-order valence-corrected chi connectivity index (χ4v) is 3.17. The van der Waals surface area contributed by atoms with Gasteiger partial charge in [0.2, 0.25) is 0 Å². The lowest BCUT2D eigenvalue weighted by Crippen LogP contribution is -2.49. The number of hydrogen-bond acceptors (Lipinski definition) is 4. The van der Waals surface area contributed by atoms with E-state index in [-0.39, 0.29) is 11.5 Å². The van der Waals surface area contributed by atoms with Crippen molar-refractivity contribution in [2.75, 3.05) is 38.2 Å². The van der Waals surface area contributed by atoms with Gasteiger partial charge in [0.25, 0.3) is 5.91 Å². The molecule has 0 bridgehead atoms. The number of benzene rings is 2. The monoisotopic (exact) mass is 392 g/mol. The van der Waals surface area contributed by atoms with E-state index < -0.39 is 17.7 Å². The molecule has 1 heterocycles. The van der Waals surface area contributed by atoms with Crippen molar-refractivity contribution in [1.29, 1.82) is 0 Å². The van der Waals surface area contributed by atoms with E-state index in [0.717, 1.165) is 17.8 Å². The highest BCUT2D eigenvalue weighted by Gasteiger charge is 2.31. The minimum atomic E-state index is -4.43. The Labute approximate surface area is 160 Å². The van der Waals surface area contributed by atoms with Crippen LogP contribution in [0.4, 0.5) is 18.9 Å². The highest BCUT2D eigenvalue weighted by Crippen LogP contribution is 2.29. The fourth-order valence-electron chi connectivity index (χ4n) is 3.17. The summed E-state index contributed by atoms with van der Waals surface area (Å²) in [7, 11) is 1.32. The fraction of sp³-hybridized carbons (Fsp3) is 0.300. The number of carbonyl (C=O) groups is 2. The maximum atomic E-state index is 12.7. The van der Waals surface area contributed by atoms with Gasteiger partial charge in [0, 0.05) is 31.7 Å². The molecule has 148 valence electrons. The molecule has 1 saturated heterocycles. The van der Waals surface area contributed by atoms with Crippen molar-refractivity contribution in [2.45, 2.75) is 6.18 Å². The molecule has 0 N–H and O–H groups in total. The molecule has 0 saturated carbocycles. The summed E-state index contributed by atoms with van der Waals surface area (Å²) in [6, 6.07) is 11.3. The summed E-state index contributed by atoms with van der Waals surface area (Å²) >= 11 is 0. The Morgan fingerprint density at radius 3 is 2.11 bits per heavy atom. The van der Waals surface area contributed by atoms with E-state index in [9.17, 15) is 22.8 Å². The lowest BCUT2D eigenvalue weighted by molar-refractivity contribution is -0.137. The van der Waals surface area contributed by atoms with Crippen LogP contribution in [0, 0.1) is 0 Å². The minimum absolute atomic E-state index is 0.219. The molecular formula is C20H19F3N2O3. The highest BCUT2D eigenvalue weighted by atomic mass is 19.4. The molecule has 0 aliphatic carbocycles. The van der Waals surface area contributed by atoms with Crippen LogP contribution in [0.1, 0.15) is 26.3 Å². The summed E-state index contributed by atoms with van der Waals surface area (Å²) in [4.78, 5) is 28.1. The van der Waals surface area contributed by atoms with Gasteiger partial charge >= 0.3 is 12.1 Å². The molecule has 0 aromatic heterocycles. The predicted octanol–water partition coefficient (Wildman–Crippen LogP) is 3.45. The van der Waals surface area contributed by atoms with Crippen LogP contribution >= 0.6 is 0 Å². The molecule has 1 aliphatic rings. The number of amides is 1. The maximum absolute atomic E-state index is 12.7. The molecule has 0 radical (unpaired) electrons. The quantitative estimate of drug-likeness (QED) is 0.751. The number of nitrogens with zero attached hydrogens (tertiary/aromatic N) is 2. The number of methoxy groups -OCH3 is 1. The van der Waals surface area contributed by atoms with Crippen LogP contribution < -0.4 is 4.90 Å². The number of carbonyl (C=O) groups excluding carboxylic acids is 2. The first-order valence-electron chi connectivity index (χ1n) is 8.70. The Bertz CT molecular complexity index is 858. The van der Waals surface area contributed by atoms with Crippen molar-refractivity contribution >= 4 is 17.6 Å². The highest BCUT2D eigenvalue weighted by molar-refractivity contribution is 5.96. The molecule has 3 rings (SSSR count). The molecule has 28 heavy (non-hydrogen) atoms. The van der Waals surface area contributed by atoms with E-state index in [1.54, 1.807) is 17.0 Å². The first-order chi connectivity index (χ1) is 13.3. The van der Waals surface area contributed by atoms with Gasteiger partial charge in [-0.05, 0) is 36.4 Å². The number of anilines is 1. The Kier molecular flexibility index (Phi) is 5.58. The van der Waals surface area contributed by atoms with Gasteiger partial charge in [-0.2, -0.15) is 13.2 Å². The summed E-state index contributed by atoms with van der Waals surface area (Å²) in [6.45, 7) is 1.80. The van der Waals surface area contributed by atoms with Gasteiger partial charge in [-0.25, -0.2) is 4.79 Å². The van der Waals surface area contributed by atoms with E-state index in [2.05, 4.69) is 0 Å². The van der Waals surface area contributed by atoms with E-state index in [4.69, 9.17) is 4.74 Å². The molecule has 2 aromatic carbocycles. The van der Waals surface area contributed by atoms with Gasteiger partial charge in [0.1, 0.15) is 0 Å². The number of rotatable bonds is 3. The zero-order valence-electron chi connectivity index (χ0n) is 15.2. The molecule has 5 nitrogen and oxygen atoms in total. The third-order valence-corrected chi connectivity index (χ3v) is 4.68. The SMILES string of the molecule is COC(=O)c1ccccc1N1CCN(C(=O)c2ccc(C(F)(F)F)cc2)CC1. The van der Waals surface area contributed by atoms with Gasteiger partial charge in [-0.15, -0.1) is 0 Å². The first kappa shape index (κ1) is 19.7. The lowest BCUT2D eigenvalue weighted by Gasteiger charge is -2.36. The van der Waals surface area contributed by atoms with Gasteiger partial charge in [0.05, 0.1) is 23.9 Å². The normalized spacial score (nSPS) is 14.7. The molecule has 1 fully saturated rings. The number of esters is 1. The molecule has 0 unspecified atom stereocenters. The van der Waals surface area contributed by atoms with Gasteiger partial charge < -0.3 is 14.5 Å². The molecule has 1 aliphatic heterocycles. The van der Waals surface area contributed by atoms with Crippen LogP contribution in [0.5, 0.6) is 0 Å². The Hall–Kier alpha value is -3.03. The third kappa shape index (κ3) is 4.11. The smallest absolute Gasteiger partial charge is 0.416 e. The zero-order chi connectivity index (χ0) is 20.3. The average Bonchev–Trinajstić information content (AvgIpc) is 2.72. The van der Waals surface area contributed by atoms with Crippen LogP contribution in [-0.4, -0.2) is 50.1 Å². The summed E-state index contributed by atoms with van der Waals surface area (Å²) < 4.78 is 42.8. The molecular weight excluding hydrogens is 373 g/mol. The number of alkyl halides is 3. The number of ether oxygens (including phenoxy) is 1. The Morgan fingerprint density at radius 1 is 0.929 bits per heavy atom. The average molecular weight is 392 g/mol. The second kappa shape index (κ2) is 7.92. The minimum Gasteiger partial charge on any atom is -0.465 e. The zero-order valence-corrected chi connectivity index (χ0v) is 15.2. The number of piperazine rings is 1.